The molecule has 0 fully saturated rings. The summed E-state index contributed by atoms with van der Waals surface area (Å²) in [6, 6.07) is 6.15. The maximum absolute atomic E-state index is 12.9. The first-order valence-electron chi connectivity index (χ1n) is 8.81. The van der Waals surface area contributed by atoms with Crippen LogP contribution in [0.2, 0.25) is 5.02 Å². The largest absolute Gasteiger partial charge is 0.497 e. The van der Waals surface area contributed by atoms with Gasteiger partial charge in [0.1, 0.15) is 22.9 Å². The number of amides is 1. The third-order valence-corrected chi connectivity index (χ3v) is 4.76. The number of azo groups is 1. The summed E-state index contributed by atoms with van der Waals surface area (Å²) in [5, 5.41) is 8.02. The number of ketones is 1. The quantitative estimate of drug-likeness (QED) is 0.302. The molecule has 0 aliphatic heterocycles. The molecular formula is C20H21Cl2N3O6. The SMILES string of the molecule is COc1cc(OC)cc(N(Cl)C(=O)C(N=Nc2c(Cl)cc(OC)cc2OC)C(C)=O)c1. The zero-order valence-electron chi connectivity index (χ0n) is 17.5. The van der Waals surface area contributed by atoms with Crippen molar-refractivity contribution < 1.29 is 28.5 Å². The molecule has 0 spiro atoms. The van der Waals surface area contributed by atoms with Crippen LogP contribution in [0.1, 0.15) is 6.92 Å². The number of ether oxygens (including phenoxy) is 4. The first-order valence-corrected chi connectivity index (χ1v) is 9.52. The standard InChI is InChI=1S/C20H21Cl2N3O6/c1-11(26)18(23-24-19-16(21)9-15(30-4)10-17(19)31-5)20(27)25(22)12-6-13(28-2)8-14(7-12)29-3/h6-10,18H,1-5H3. The fraction of sp³-hybridized carbons (Fsp3) is 0.300. The summed E-state index contributed by atoms with van der Waals surface area (Å²) in [6.07, 6.45) is 0. The van der Waals surface area contributed by atoms with Crippen LogP contribution >= 0.6 is 23.4 Å². The number of hydrogen-bond donors (Lipinski definition) is 0. The smallest absolute Gasteiger partial charge is 0.276 e. The lowest BCUT2D eigenvalue weighted by molar-refractivity contribution is -0.126. The minimum atomic E-state index is -1.52. The normalized spacial score (nSPS) is 11.7. The molecule has 31 heavy (non-hydrogen) atoms. The molecule has 1 atom stereocenters. The lowest BCUT2D eigenvalue weighted by atomic mass is 10.2. The van der Waals surface area contributed by atoms with E-state index in [1.807, 2.05) is 0 Å². The van der Waals surface area contributed by atoms with E-state index in [9.17, 15) is 9.59 Å². The second-order valence-corrected chi connectivity index (χ2v) is 6.82. The van der Waals surface area contributed by atoms with Crippen molar-refractivity contribution in [3.63, 3.8) is 0 Å². The Kier molecular flexibility index (Phi) is 8.47. The van der Waals surface area contributed by atoms with E-state index in [4.69, 9.17) is 42.3 Å². The number of halogens is 2. The van der Waals surface area contributed by atoms with Crippen LogP contribution in [0.15, 0.2) is 40.6 Å². The average molecular weight is 470 g/mol. The maximum atomic E-state index is 12.9. The summed E-state index contributed by atoms with van der Waals surface area (Å²) in [6.45, 7) is 1.20. The molecule has 0 aliphatic rings. The maximum Gasteiger partial charge on any atom is 0.276 e. The summed E-state index contributed by atoms with van der Waals surface area (Å²) in [5.74, 6) is 0.115. The van der Waals surface area contributed by atoms with Gasteiger partial charge in [0.15, 0.2) is 11.5 Å². The Balaban J connectivity index is 2.39. The molecule has 11 heteroatoms. The van der Waals surface area contributed by atoms with Gasteiger partial charge in [-0.3, -0.25) is 9.59 Å². The van der Waals surface area contributed by atoms with Crippen molar-refractivity contribution in [3.8, 4) is 23.0 Å². The summed E-state index contributed by atoms with van der Waals surface area (Å²) in [4.78, 5) is 25.0. The van der Waals surface area contributed by atoms with E-state index in [0.29, 0.717) is 17.2 Å². The Labute approximate surface area is 189 Å². The van der Waals surface area contributed by atoms with Gasteiger partial charge in [0.2, 0.25) is 6.04 Å². The van der Waals surface area contributed by atoms with Crippen molar-refractivity contribution >= 4 is 46.4 Å². The second-order valence-electron chi connectivity index (χ2n) is 6.08. The Morgan fingerprint density at radius 2 is 1.45 bits per heavy atom. The molecule has 0 aromatic heterocycles. The Morgan fingerprint density at radius 3 is 1.94 bits per heavy atom. The molecule has 0 saturated heterocycles. The van der Waals surface area contributed by atoms with Gasteiger partial charge in [-0.15, -0.1) is 5.11 Å². The van der Waals surface area contributed by atoms with Crippen LogP contribution in [-0.4, -0.2) is 46.2 Å². The number of hydrogen-bond acceptors (Lipinski definition) is 8. The molecule has 2 rings (SSSR count). The van der Waals surface area contributed by atoms with Crippen LogP contribution in [0.5, 0.6) is 23.0 Å². The monoisotopic (exact) mass is 469 g/mol. The Morgan fingerprint density at radius 1 is 0.903 bits per heavy atom. The number of benzene rings is 2. The van der Waals surface area contributed by atoms with Crippen molar-refractivity contribution in [2.75, 3.05) is 32.9 Å². The molecule has 0 heterocycles. The third-order valence-electron chi connectivity index (χ3n) is 4.11. The predicted molar refractivity (Wildman–Crippen MR) is 116 cm³/mol. The molecule has 2 aromatic carbocycles. The highest BCUT2D eigenvalue weighted by Crippen LogP contribution is 2.39. The third kappa shape index (κ3) is 5.77. The minimum absolute atomic E-state index is 0.133. The van der Waals surface area contributed by atoms with E-state index in [1.165, 1.54) is 53.6 Å². The van der Waals surface area contributed by atoms with Gasteiger partial charge < -0.3 is 18.9 Å². The number of nitrogens with zero attached hydrogens (tertiary/aromatic N) is 3. The van der Waals surface area contributed by atoms with Crippen LogP contribution < -0.4 is 23.4 Å². The zero-order chi connectivity index (χ0) is 23.1. The minimum Gasteiger partial charge on any atom is -0.497 e. The van der Waals surface area contributed by atoms with Gasteiger partial charge in [0.05, 0.1) is 39.1 Å². The van der Waals surface area contributed by atoms with Crippen LogP contribution in [0.3, 0.4) is 0 Å². The molecular weight excluding hydrogens is 449 g/mol. The number of rotatable bonds is 9. The molecule has 0 N–H and O–H groups in total. The van der Waals surface area contributed by atoms with Crippen molar-refractivity contribution in [3.05, 3.63) is 35.4 Å². The predicted octanol–water partition coefficient (Wildman–Crippen LogP) is 4.60. The molecule has 166 valence electrons. The van der Waals surface area contributed by atoms with E-state index in [0.717, 1.165) is 4.42 Å². The van der Waals surface area contributed by atoms with Crippen molar-refractivity contribution in [2.24, 2.45) is 10.2 Å². The van der Waals surface area contributed by atoms with E-state index >= 15 is 0 Å². The lowest BCUT2D eigenvalue weighted by Gasteiger charge is -2.18. The number of carbonyl (C=O) groups excluding carboxylic acids is 2. The van der Waals surface area contributed by atoms with Crippen LogP contribution in [0, 0.1) is 0 Å². The van der Waals surface area contributed by atoms with Crippen molar-refractivity contribution in [1.82, 2.24) is 0 Å². The molecule has 1 amide bonds. The van der Waals surface area contributed by atoms with E-state index < -0.39 is 17.7 Å². The van der Waals surface area contributed by atoms with Gasteiger partial charge in [0.25, 0.3) is 5.91 Å². The first-order chi connectivity index (χ1) is 14.7. The van der Waals surface area contributed by atoms with Crippen LogP contribution in [0.4, 0.5) is 11.4 Å². The van der Waals surface area contributed by atoms with Crippen LogP contribution in [-0.2, 0) is 9.59 Å². The number of methoxy groups -OCH3 is 4. The topological polar surface area (TPSA) is 99.0 Å². The summed E-state index contributed by atoms with van der Waals surface area (Å²) in [7, 11) is 5.79. The first kappa shape index (κ1) is 24.2. The van der Waals surface area contributed by atoms with Gasteiger partial charge in [-0.25, -0.2) is 4.42 Å². The molecule has 2 aromatic rings. The lowest BCUT2D eigenvalue weighted by Crippen LogP contribution is -2.36. The van der Waals surface area contributed by atoms with Crippen molar-refractivity contribution in [2.45, 2.75) is 13.0 Å². The molecule has 0 bridgehead atoms. The highest BCUT2D eigenvalue weighted by Gasteiger charge is 2.29. The molecule has 1 unspecified atom stereocenters. The molecule has 9 nitrogen and oxygen atoms in total. The Hall–Kier alpha value is -3.04. The van der Waals surface area contributed by atoms with Gasteiger partial charge in [-0.05, 0) is 6.92 Å². The fourth-order valence-corrected chi connectivity index (χ4v) is 2.91. The molecule has 0 radical (unpaired) electrons. The highest BCUT2D eigenvalue weighted by molar-refractivity contribution is 6.39. The number of carbonyl (C=O) groups is 2. The summed E-state index contributed by atoms with van der Waals surface area (Å²) < 4.78 is 21.5. The van der Waals surface area contributed by atoms with E-state index in [1.54, 1.807) is 12.1 Å². The number of anilines is 1. The van der Waals surface area contributed by atoms with Gasteiger partial charge >= 0.3 is 0 Å². The van der Waals surface area contributed by atoms with Gasteiger partial charge in [0, 0.05) is 42.1 Å². The van der Waals surface area contributed by atoms with Crippen molar-refractivity contribution in [1.29, 1.82) is 0 Å². The average Bonchev–Trinajstić information content (AvgIpc) is 2.78. The second kappa shape index (κ2) is 10.8. The Bertz CT molecular complexity index is 977. The highest BCUT2D eigenvalue weighted by atomic mass is 35.5. The molecule has 0 saturated carbocycles. The van der Waals surface area contributed by atoms with E-state index in [2.05, 4.69) is 10.2 Å². The van der Waals surface area contributed by atoms with Gasteiger partial charge in [-0.1, -0.05) is 11.6 Å². The summed E-state index contributed by atoms with van der Waals surface area (Å²) >= 11 is 12.4. The molecule has 0 aliphatic carbocycles. The van der Waals surface area contributed by atoms with E-state index in [-0.39, 0.29) is 22.1 Å². The van der Waals surface area contributed by atoms with Crippen LogP contribution in [0.25, 0.3) is 0 Å². The number of Topliss-reactive ketones (excluding diaryl/α,β-unsaturated/α-hetero) is 1. The summed E-state index contributed by atoms with van der Waals surface area (Å²) in [5.41, 5.74) is 0.359. The fourth-order valence-electron chi connectivity index (χ4n) is 2.48. The zero-order valence-corrected chi connectivity index (χ0v) is 19.0. The van der Waals surface area contributed by atoms with Gasteiger partial charge in [-0.2, -0.15) is 5.11 Å².